The second kappa shape index (κ2) is 6.36. The Bertz CT molecular complexity index is 248. The van der Waals surface area contributed by atoms with Gasteiger partial charge >= 0.3 is 0 Å². The summed E-state index contributed by atoms with van der Waals surface area (Å²) in [4.78, 5) is 14.0. The van der Waals surface area contributed by atoms with E-state index in [-0.39, 0.29) is 24.0 Å². The zero-order chi connectivity index (χ0) is 13.0. The van der Waals surface area contributed by atoms with Gasteiger partial charge in [-0.05, 0) is 31.6 Å². The van der Waals surface area contributed by atoms with Crippen LogP contribution in [-0.4, -0.2) is 41.1 Å². The van der Waals surface area contributed by atoms with E-state index >= 15 is 0 Å². The monoisotopic (exact) mass is 242 g/mol. The Labute approximate surface area is 104 Å². The van der Waals surface area contributed by atoms with Gasteiger partial charge in [-0.3, -0.25) is 4.79 Å². The predicted molar refractivity (Wildman–Crippen MR) is 68.4 cm³/mol. The number of rotatable bonds is 4. The fraction of sp³-hybridized carbons (Fsp3) is 0.923. The van der Waals surface area contributed by atoms with E-state index < -0.39 is 0 Å². The van der Waals surface area contributed by atoms with Crippen molar-refractivity contribution in [3.8, 4) is 0 Å². The SMILES string of the molecule is CCC(C)[C@H](N)C(=O)N1CCC(C(C)O)CC1. The molecule has 4 heteroatoms. The molecule has 0 aliphatic carbocycles. The Balaban J connectivity index is 2.46. The second-order valence-corrected chi connectivity index (χ2v) is 5.31. The fourth-order valence-corrected chi connectivity index (χ4v) is 2.31. The quantitative estimate of drug-likeness (QED) is 0.772. The minimum atomic E-state index is -0.372. The van der Waals surface area contributed by atoms with E-state index in [2.05, 4.69) is 6.92 Å². The number of likely N-dealkylation sites (tertiary alicyclic amines) is 1. The first-order valence-electron chi connectivity index (χ1n) is 6.69. The third-order valence-electron chi connectivity index (χ3n) is 4.08. The van der Waals surface area contributed by atoms with Crippen molar-refractivity contribution in [2.24, 2.45) is 17.6 Å². The largest absolute Gasteiger partial charge is 0.393 e. The maximum atomic E-state index is 12.1. The van der Waals surface area contributed by atoms with E-state index in [1.54, 1.807) is 0 Å². The predicted octanol–water partition coefficient (Wildman–Crippen LogP) is 0.979. The van der Waals surface area contributed by atoms with E-state index in [4.69, 9.17) is 5.73 Å². The van der Waals surface area contributed by atoms with Crippen molar-refractivity contribution in [2.75, 3.05) is 13.1 Å². The molecule has 0 aromatic heterocycles. The van der Waals surface area contributed by atoms with Gasteiger partial charge in [0.15, 0.2) is 0 Å². The number of aliphatic hydroxyl groups is 1. The van der Waals surface area contributed by atoms with E-state index in [9.17, 15) is 9.90 Å². The van der Waals surface area contributed by atoms with E-state index in [0.717, 1.165) is 32.4 Å². The molecule has 0 aromatic rings. The van der Waals surface area contributed by atoms with Gasteiger partial charge in [-0.2, -0.15) is 0 Å². The molecule has 0 aromatic carbocycles. The van der Waals surface area contributed by atoms with Crippen LogP contribution in [0.4, 0.5) is 0 Å². The molecule has 1 rings (SSSR count). The number of carbonyl (C=O) groups is 1. The van der Waals surface area contributed by atoms with Gasteiger partial charge in [0.25, 0.3) is 0 Å². The molecule has 1 aliphatic heterocycles. The molecule has 0 bridgehead atoms. The topological polar surface area (TPSA) is 66.6 Å². The molecule has 17 heavy (non-hydrogen) atoms. The number of nitrogens with two attached hydrogens (primary N) is 1. The molecule has 3 atom stereocenters. The highest BCUT2D eigenvalue weighted by molar-refractivity contribution is 5.82. The lowest BCUT2D eigenvalue weighted by atomic mass is 9.91. The van der Waals surface area contributed by atoms with Gasteiger partial charge in [0, 0.05) is 13.1 Å². The van der Waals surface area contributed by atoms with Gasteiger partial charge in [0.1, 0.15) is 0 Å². The number of amides is 1. The number of piperidine rings is 1. The Morgan fingerprint density at radius 3 is 2.35 bits per heavy atom. The van der Waals surface area contributed by atoms with E-state index in [0.29, 0.717) is 5.92 Å². The van der Waals surface area contributed by atoms with Crippen molar-refractivity contribution in [1.29, 1.82) is 0 Å². The normalized spacial score (nSPS) is 23.2. The summed E-state index contributed by atoms with van der Waals surface area (Å²) in [7, 11) is 0. The zero-order valence-electron chi connectivity index (χ0n) is 11.2. The lowest BCUT2D eigenvalue weighted by molar-refractivity contribution is -0.135. The maximum absolute atomic E-state index is 12.1. The smallest absolute Gasteiger partial charge is 0.239 e. The molecule has 1 fully saturated rings. The molecule has 0 spiro atoms. The van der Waals surface area contributed by atoms with Crippen LogP contribution in [0.3, 0.4) is 0 Å². The molecular formula is C13H26N2O2. The highest BCUT2D eigenvalue weighted by Gasteiger charge is 2.29. The first-order valence-corrected chi connectivity index (χ1v) is 6.69. The fourth-order valence-electron chi connectivity index (χ4n) is 2.31. The molecule has 2 unspecified atom stereocenters. The molecule has 100 valence electrons. The summed E-state index contributed by atoms with van der Waals surface area (Å²) < 4.78 is 0. The van der Waals surface area contributed by atoms with E-state index in [1.165, 1.54) is 0 Å². The van der Waals surface area contributed by atoms with Crippen molar-refractivity contribution in [2.45, 2.75) is 52.2 Å². The molecule has 0 saturated carbocycles. The average molecular weight is 242 g/mol. The minimum Gasteiger partial charge on any atom is -0.393 e. The molecule has 3 N–H and O–H groups in total. The maximum Gasteiger partial charge on any atom is 0.239 e. The van der Waals surface area contributed by atoms with Gasteiger partial charge in [-0.25, -0.2) is 0 Å². The number of hydrogen-bond donors (Lipinski definition) is 2. The van der Waals surface area contributed by atoms with Gasteiger partial charge < -0.3 is 15.7 Å². The van der Waals surface area contributed by atoms with Gasteiger partial charge in [0.2, 0.25) is 5.91 Å². The van der Waals surface area contributed by atoms with Crippen LogP contribution in [0.25, 0.3) is 0 Å². The lowest BCUT2D eigenvalue weighted by Gasteiger charge is -2.35. The van der Waals surface area contributed by atoms with Crippen molar-refractivity contribution >= 4 is 5.91 Å². The first kappa shape index (κ1) is 14.5. The highest BCUT2D eigenvalue weighted by Crippen LogP contribution is 2.21. The Kier molecular flexibility index (Phi) is 5.40. The van der Waals surface area contributed by atoms with Crippen LogP contribution in [0, 0.1) is 11.8 Å². The van der Waals surface area contributed by atoms with Crippen molar-refractivity contribution in [3.63, 3.8) is 0 Å². The molecule has 1 aliphatic rings. The summed E-state index contributed by atoms with van der Waals surface area (Å²) in [6.07, 6.45) is 2.43. The summed E-state index contributed by atoms with van der Waals surface area (Å²) in [6, 6.07) is -0.372. The molecule has 1 heterocycles. The zero-order valence-corrected chi connectivity index (χ0v) is 11.2. The van der Waals surface area contributed by atoms with Crippen molar-refractivity contribution in [1.82, 2.24) is 4.90 Å². The molecule has 1 amide bonds. The lowest BCUT2D eigenvalue weighted by Crippen LogP contribution is -2.50. The third kappa shape index (κ3) is 3.68. The number of aliphatic hydroxyl groups excluding tert-OH is 1. The van der Waals surface area contributed by atoms with E-state index in [1.807, 2.05) is 18.7 Å². The van der Waals surface area contributed by atoms with Gasteiger partial charge in [-0.15, -0.1) is 0 Å². The summed E-state index contributed by atoms with van der Waals surface area (Å²) in [5, 5.41) is 9.51. The summed E-state index contributed by atoms with van der Waals surface area (Å²) >= 11 is 0. The second-order valence-electron chi connectivity index (χ2n) is 5.31. The van der Waals surface area contributed by atoms with Crippen molar-refractivity contribution in [3.05, 3.63) is 0 Å². The molecule has 0 radical (unpaired) electrons. The first-order chi connectivity index (χ1) is 7.97. The van der Waals surface area contributed by atoms with Crippen LogP contribution in [0.2, 0.25) is 0 Å². The van der Waals surface area contributed by atoms with Gasteiger partial charge in [0.05, 0.1) is 12.1 Å². The van der Waals surface area contributed by atoms with Crippen LogP contribution in [0.15, 0.2) is 0 Å². The minimum absolute atomic E-state index is 0.0726. The Morgan fingerprint density at radius 2 is 1.94 bits per heavy atom. The van der Waals surface area contributed by atoms with Crippen LogP contribution in [0.1, 0.15) is 40.0 Å². The molecule has 1 saturated heterocycles. The Hall–Kier alpha value is -0.610. The Morgan fingerprint density at radius 1 is 1.41 bits per heavy atom. The summed E-state index contributed by atoms with van der Waals surface area (Å²) in [6.45, 7) is 7.37. The number of nitrogens with zero attached hydrogens (tertiary/aromatic N) is 1. The highest BCUT2D eigenvalue weighted by atomic mass is 16.3. The van der Waals surface area contributed by atoms with Crippen molar-refractivity contribution < 1.29 is 9.90 Å². The van der Waals surface area contributed by atoms with Crippen LogP contribution in [-0.2, 0) is 4.79 Å². The molecular weight excluding hydrogens is 216 g/mol. The average Bonchev–Trinajstić information content (AvgIpc) is 2.36. The van der Waals surface area contributed by atoms with Crippen LogP contribution in [0.5, 0.6) is 0 Å². The summed E-state index contributed by atoms with van der Waals surface area (Å²) in [5.74, 6) is 0.638. The van der Waals surface area contributed by atoms with Crippen LogP contribution < -0.4 is 5.73 Å². The summed E-state index contributed by atoms with van der Waals surface area (Å²) in [5.41, 5.74) is 5.96. The molecule has 4 nitrogen and oxygen atoms in total. The standard InChI is InChI=1S/C13H26N2O2/c1-4-9(2)12(14)13(17)15-7-5-11(6-8-15)10(3)16/h9-12,16H,4-8,14H2,1-3H3/t9?,10?,12-/m0/s1. The number of carbonyl (C=O) groups excluding carboxylic acids is 1. The van der Waals surface area contributed by atoms with Gasteiger partial charge in [-0.1, -0.05) is 20.3 Å². The third-order valence-corrected chi connectivity index (χ3v) is 4.08. The number of hydrogen-bond acceptors (Lipinski definition) is 3. The van der Waals surface area contributed by atoms with Crippen LogP contribution >= 0.6 is 0 Å².